The molecule has 0 fully saturated rings. The molecular weight excluding hydrogens is 1210 g/mol. The van der Waals surface area contributed by atoms with Crippen molar-refractivity contribution >= 4 is 73.4 Å². The van der Waals surface area contributed by atoms with Crippen molar-refractivity contribution < 1.29 is 56.1 Å². The Hall–Kier alpha value is -9.69. The second kappa shape index (κ2) is 32.2. The molecule has 1 aliphatic rings. The number of amides is 4. The number of rotatable bonds is 29. The van der Waals surface area contributed by atoms with E-state index in [0.29, 0.717) is 65.2 Å². The first-order valence-electron chi connectivity index (χ1n) is 31.8. The maximum absolute atomic E-state index is 14.9. The van der Waals surface area contributed by atoms with E-state index in [9.17, 15) is 32.4 Å². The number of nitrogens with two attached hydrogens (primary N) is 1. The van der Waals surface area contributed by atoms with Crippen molar-refractivity contribution in [3.05, 3.63) is 186 Å². The molecule has 19 nitrogen and oxygen atoms in total. The van der Waals surface area contributed by atoms with Crippen LogP contribution in [0.15, 0.2) is 162 Å². The fourth-order valence-electron chi connectivity index (χ4n) is 11.3. The zero-order valence-corrected chi connectivity index (χ0v) is 55.7. The minimum atomic E-state index is -4.26. The Morgan fingerprint density at radius 2 is 1.30 bits per heavy atom. The Bertz CT molecular complexity index is 4040. The quantitative estimate of drug-likeness (QED) is 0.00839. The Labute approximate surface area is 551 Å². The van der Waals surface area contributed by atoms with E-state index in [0.717, 1.165) is 43.8 Å². The first kappa shape index (κ1) is 70.2. The molecule has 0 saturated heterocycles. The van der Waals surface area contributed by atoms with Crippen LogP contribution >= 0.6 is 0 Å². The predicted octanol–water partition coefficient (Wildman–Crippen LogP) is 11.7. The second-order valence-corrected chi connectivity index (χ2v) is 26.5. The average Bonchev–Trinajstić information content (AvgIpc) is 0.758. The monoisotopic (exact) mass is 1300 g/mol. The Balaban J connectivity index is 1.04. The van der Waals surface area contributed by atoms with Crippen LogP contribution in [-0.4, -0.2) is 99.8 Å². The number of aliphatic imine (C=N–C) groups is 1. The van der Waals surface area contributed by atoms with Gasteiger partial charge in [0.2, 0.25) is 17.8 Å². The van der Waals surface area contributed by atoms with Crippen molar-refractivity contribution in [2.75, 3.05) is 26.3 Å². The normalized spacial score (nSPS) is 13.9. The van der Waals surface area contributed by atoms with Crippen molar-refractivity contribution in [2.45, 2.75) is 148 Å². The van der Waals surface area contributed by atoms with Gasteiger partial charge in [-0.1, -0.05) is 133 Å². The summed E-state index contributed by atoms with van der Waals surface area (Å²) in [6.07, 6.45) is 6.74. The van der Waals surface area contributed by atoms with Crippen molar-refractivity contribution in [3.8, 4) is 28.4 Å². The third-order valence-electron chi connectivity index (χ3n) is 16.0. The number of nitrogens with zero attached hydrogens (tertiary/aromatic N) is 1. The number of nitrogens with one attached hydrogen (secondary N) is 5. The van der Waals surface area contributed by atoms with Gasteiger partial charge >= 0.3 is 12.1 Å². The van der Waals surface area contributed by atoms with Gasteiger partial charge in [0, 0.05) is 24.2 Å². The summed E-state index contributed by atoms with van der Waals surface area (Å²) >= 11 is 0. The topological polar surface area (TPSA) is 264 Å². The lowest BCUT2D eigenvalue weighted by Gasteiger charge is -2.35. The van der Waals surface area contributed by atoms with Crippen LogP contribution in [0.3, 0.4) is 0 Å². The molecule has 7 aromatic rings. The van der Waals surface area contributed by atoms with Gasteiger partial charge in [0.1, 0.15) is 59.8 Å². The van der Waals surface area contributed by atoms with Crippen molar-refractivity contribution in [1.29, 1.82) is 0 Å². The highest BCUT2D eigenvalue weighted by molar-refractivity contribution is 7.90. The van der Waals surface area contributed by atoms with E-state index in [2.05, 4.69) is 37.6 Å². The van der Waals surface area contributed by atoms with Crippen LogP contribution in [0.25, 0.3) is 38.7 Å². The SMILES string of the molecule is C=CC[C@H](NC(=O)[C@@H](CCCN=C(N)NS(=O)(=O)c1c(C)c(C)c2c(c1C)CCC(C)(C)O2)NC(=O)[C@@H](CCCCNC(=O)OC(C)(C)C)NC(=O)COc1ccc2ccccc2c1-c1c(OC/C=C/c2ccccc2)ccc2ccccc12)C(=O)OCc1ccccc1. The maximum atomic E-state index is 14.9. The van der Waals surface area contributed by atoms with Gasteiger partial charge in [-0.25, -0.2) is 22.7 Å². The van der Waals surface area contributed by atoms with Crippen molar-refractivity contribution in [3.63, 3.8) is 0 Å². The third-order valence-corrected chi connectivity index (χ3v) is 17.7. The lowest BCUT2D eigenvalue weighted by Crippen LogP contribution is -2.56. The van der Waals surface area contributed by atoms with Crippen LogP contribution in [0.2, 0.25) is 0 Å². The highest BCUT2D eigenvalue weighted by Gasteiger charge is 2.35. The molecule has 496 valence electrons. The molecule has 20 heteroatoms. The number of sulfonamides is 1. The van der Waals surface area contributed by atoms with E-state index in [1.165, 1.54) is 6.08 Å². The number of benzene rings is 7. The summed E-state index contributed by atoms with van der Waals surface area (Å²) in [6.45, 7) is 18.0. The molecule has 0 aromatic heterocycles. The smallest absolute Gasteiger partial charge is 0.407 e. The Morgan fingerprint density at radius 3 is 1.94 bits per heavy atom. The van der Waals surface area contributed by atoms with Gasteiger partial charge in [-0.3, -0.25) is 19.4 Å². The van der Waals surface area contributed by atoms with E-state index >= 15 is 0 Å². The molecule has 94 heavy (non-hydrogen) atoms. The summed E-state index contributed by atoms with van der Waals surface area (Å²) in [4.78, 5) is 74.6. The lowest BCUT2D eigenvalue weighted by molar-refractivity contribution is -0.149. The molecule has 8 rings (SSSR count). The number of guanidine groups is 1. The van der Waals surface area contributed by atoms with Gasteiger partial charge in [0.15, 0.2) is 6.61 Å². The molecule has 0 spiro atoms. The van der Waals surface area contributed by atoms with Crippen LogP contribution in [0.5, 0.6) is 17.2 Å². The zero-order valence-electron chi connectivity index (χ0n) is 54.9. The summed E-state index contributed by atoms with van der Waals surface area (Å²) in [5.74, 6) is -1.70. The maximum Gasteiger partial charge on any atom is 0.407 e. The summed E-state index contributed by atoms with van der Waals surface area (Å²) < 4.78 is 61.1. The number of carbonyl (C=O) groups excluding carboxylic acids is 5. The summed E-state index contributed by atoms with van der Waals surface area (Å²) in [7, 11) is -4.26. The first-order valence-corrected chi connectivity index (χ1v) is 33.2. The van der Waals surface area contributed by atoms with Crippen LogP contribution < -0.4 is 45.9 Å². The summed E-state index contributed by atoms with van der Waals surface area (Å²) in [5.41, 5.74) is 10.9. The molecule has 0 aliphatic carbocycles. The average molecular weight is 1300 g/mol. The number of hydrogen-bond donors (Lipinski definition) is 6. The molecule has 0 radical (unpaired) electrons. The molecule has 1 aliphatic heterocycles. The molecule has 1 heterocycles. The summed E-state index contributed by atoms with van der Waals surface area (Å²) in [6, 6.07) is 38.5. The first-order chi connectivity index (χ1) is 44.9. The standard InChI is InChI=1S/C74H87N7O12S/c1-10-25-60(70(85)91-46-52-28-15-12-16-29-52)80-69(84)59(36-23-44-76-71(75)81-94(87,88)67-49(3)48(2)66-55(50(67)4)41-42-74(8,9)92-66)79-68(83)58(35-21-22-43-77-72(86)93-73(5,6)7)78-63(82)47-90-62-40-38-54-32-18-20-34-57(54)65(62)64-56-33-19-17-31-53(56)37-39-61(64)89-45-24-30-51-26-13-11-14-27-51/h10-20,24,26-34,37-40,58-60H,1,21-23,25,35-36,41-47H2,2-9H3,(H,77,86)(H,78,82)(H,79,83)(H,80,84)(H3,75,76,81)/b30-24+/t58-,59-,60+/m1/s1. The highest BCUT2D eigenvalue weighted by Crippen LogP contribution is 2.46. The van der Waals surface area contributed by atoms with E-state index < -0.39 is 81.7 Å². The van der Waals surface area contributed by atoms with Crippen LogP contribution in [0.4, 0.5) is 4.79 Å². The minimum Gasteiger partial charge on any atom is -0.489 e. The van der Waals surface area contributed by atoms with Gasteiger partial charge in [-0.05, 0) is 180 Å². The molecule has 3 atom stereocenters. The number of ether oxygens (including phenoxy) is 5. The van der Waals surface area contributed by atoms with Crippen LogP contribution in [0.1, 0.15) is 113 Å². The third kappa shape index (κ3) is 19.2. The van der Waals surface area contributed by atoms with Gasteiger partial charge in [0.25, 0.3) is 15.9 Å². The molecule has 4 amide bonds. The molecule has 0 unspecified atom stereocenters. The Morgan fingerprint density at radius 1 is 0.713 bits per heavy atom. The van der Waals surface area contributed by atoms with Crippen LogP contribution in [-0.2, 0) is 51.7 Å². The fourth-order valence-corrected chi connectivity index (χ4v) is 12.8. The van der Waals surface area contributed by atoms with Gasteiger partial charge < -0.3 is 50.7 Å². The fraction of sp³-hybridized carbons (Fsp3) is 0.351. The number of hydrogen-bond acceptors (Lipinski definition) is 13. The molecule has 7 aromatic carbocycles. The lowest BCUT2D eigenvalue weighted by atomic mass is 9.88. The molecule has 0 saturated carbocycles. The number of esters is 1. The number of carbonyl (C=O) groups is 5. The van der Waals surface area contributed by atoms with E-state index in [1.54, 1.807) is 65.0 Å². The van der Waals surface area contributed by atoms with E-state index in [1.807, 2.05) is 136 Å². The molecular formula is C74H87N7O12S. The predicted molar refractivity (Wildman–Crippen MR) is 368 cm³/mol. The van der Waals surface area contributed by atoms with Crippen molar-refractivity contribution in [1.82, 2.24) is 26.0 Å². The van der Waals surface area contributed by atoms with Gasteiger partial charge in [-0.2, -0.15) is 0 Å². The van der Waals surface area contributed by atoms with E-state index in [-0.39, 0.29) is 56.9 Å². The van der Waals surface area contributed by atoms with Gasteiger partial charge in [0.05, 0.1) is 4.90 Å². The largest absolute Gasteiger partial charge is 0.489 e. The minimum absolute atomic E-state index is 0.0232. The molecule has 7 N–H and O–H groups in total. The van der Waals surface area contributed by atoms with Crippen LogP contribution in [0, 0.1) is 20.8 Å². The summed E-state index contributed by atoms with van der Waals surface area (Å²) in [5, 5.41) is 14.7. The zero-order chi connectivity index (χ0) is 67.6. The van der Waals surface area contributed by atoms with Crippen molar-refractivity contribution in [2.24, 2.45) is 10.7 Å². The number of alkyl carbamates (subject to hydrolysis) is 1. The number of unbranched alkanes of at least 4 members (excludes halogenated alkanes) is 1. The molecule has 0 bridgehead atoms. The van der Waals surface area contributed by atoms with Gasteiger partial charge in [-0.15, -0.1) is 6.58 Å². The second-order valence-electron chi connectivity index (χ2n) is 24.9. The Kier molecular flexibility index (Phi) is 24.1. The number of fused-ring (bicyclic) bond motifs is 3. The van der Waals surface area contributed by atoms with E-state index in [4.69, 9.17) is 29.4 Å². The highest BCUT2D eigenvalue weighted by atomic mass is 32.2.